The van der Waals surface area contributed by atoms with Gasteiger partial charge in [-0.15, -0.1) is 0 Å². The Morgan fingerprint density at radius 1 is 1.19 bits per heavy atom. The third kappa shape index (κ3) is 2.78. The number of H-pyrrole nitrogens is 1. The molecular weight excluding hydrogens is 350 g/mol. The molecule has 0 saturated carbocycles. The Hall–Kier alpha value is -2.80. The minimum absolute atomic E-state index is 0.00371. The zero-order valence-corrected chi connectivity index (χ0v) is 15.3. The first kappa shape index (κ1) is 17.6. The number of cyclic esters (lactones) is 1. The van der Waals surface area contributed by atoms with Gasteiger partial charge in [-0.05, 0) is 44.7 Å². The van der Waals surface area contributed by atoms with E-state index in [-0.39, 0.29) is 19.0 Å². The third-order valence-corrected chi connectivity index (χ3v) is 4.75. The molecule has 1 N–H and O–H groups in total. The molecule has 1 aromatic carbocycles. The smallest absolute Gasteiger partial charge is 0.458 e. The van der Waals surface area contributed by atoms with Gasteiger partial charge in [0.25, 0.3) is 0 Å². The summed E-state index contributed by atoms with van der Waals surface area (Å²) in [4.78, 5) is 28.3. The van der Waals surface area contributed by atoms with Crippen LogP contribution in [-0.2, 0) is 35.0 Å². The Morgan fingerprint density at radius 2 is 2.00 bits per heavy atom. The van der Waals surface area contributed by atoms with E-state index < -0.39 is 17.9 Å². The molecule has 0 radical (unpaired) electrons. The Morgan fingerprint density at radius 3 is 2.78 bits per heavy atom. The molecule has 0 unspecified atom stereocenters. The lowest BCUT2D eigenvalue weighted by atomic mass is 9.90. The number of carbonyl (C=O) groups is 2. The van der Waals surface area contributed by atoms with Crippen LogP contribution >= 0.6 is 0 Å². The average Bonchev–Trinajstić information content (AvgIpc) is 3.21. The highest BCUT2D eigenvalue weighted by molar-refractivity contribution is 6.01. The number of esters is 2. The largest absolute Gasteiger partial charge is 0.480 e. The second kappa shape index (κ2) is 6.74. The molecule has 1 aromatic heterocycles. The highest BCUT2D eigenvalue weighted by Gasteiger charge is 2.57. The Bertz CT molecular complexity index is 943. The number of para-hydroxylation sites is 1. The summed E-state index contributed by atoms with van der Waals surface area (Å²) in [6.45, 7) is 3.57. The molecule has 7 nitrogen and oxygen atoms in total. The van der Waals surface area contributed by atoms with Crippen molar-refractivity contribution in [2.24, 2.45) is 0 Å². The zero-order valence-electron chi connectivity index (χ0n) is 15.3. The van der Waals surface area contributed by atoms with E-state index in [2.05, 4.69) is 11.1 Å². The predicted molar refractivity (Wildman–Crippen MR) is 96.3 cm³/mol. The van der Waals surface area contributed by atoms with Gasteiger partial charge in [-0.25, -0.2) is 9.59 Å². The van der Waals surface area contributed by atoms with Gasteiger partial charge in [-0.2, -0.15) is 0 Å². The maximum atomic E-state index is 12.6. The van der Waals surface area contributed by atoms with Crippen LogP contribution in [0.4, 0.5) is 0 Å². The van der Waals surface area contributed by atoms with Crippen molar-refractivity contribution in [2.45, 2.75) is 39.1 Å². The lowest BCUT2D eigenvalue weighted by Gasteiger charge is -2.23. The quantitative estimate of drug-likeness (QED) is 0.657. The van der Waals surface area contributed by atoms with Crippen LogP contribution in [0.15, 0.2) is 30.0 Å². The molecular formula is C20H21NO6. The predicted octanol–water partition coefficient (Wildman–Crippen LogP) is 3.04. The van der Waals surface area contributed by atoms with Crippen molar-refractivity contribution in [2.75, 3.05) is 13.2 Å². The summed E-state index contributed by atoms with van der Waals surface area (Å²) in [5, 5.41) is 1.12. The van der Waals surface area contributed by atoms with Gasteiger partial charge in [-0.3, -0.25) is 4.74 Å². The van der Waals surface area contributed by atoms with Gasteiger partial charge < -0.3 is 19.2 Å². The van der Waals surface area contributed by atoms with Crippen molar-refractivity contribution in [3.05, 3.63) is 41.3 Å². The number of rotatable bonds is 4. The number of hydrogen-bond acceptors (Lipinski definition) is 6. The van der Waals surface area contributed by atoms with Gasteiger partial charge in [0.1, 0.15) is 0 Å². The van der Waals surface area contributed by atoms with Crippen LogP contribution in [-0.4, -0.2) is 36.1 Å². The van der Waals surface area contributed by atoms with E-state index in [9.17, 15) is 9.59 Å². The van der Waals surface area contributed by atoms with Crippen molar-refractivity contribution in [3.8, 4) is 0 Å². The van der Waals surface area contributed by atoms with Gasteiger partial charge in [-0.1, -0.05) is 18.2 Å². The lowest BCUT2D eigenvalue weighted by molar-refractivity contribution is -0.307. The minimum atomic E-state index is -2.17. The van der Waals surface area contributed by atoms with E-state index in [1.165, 1.54) is 0 Å². The number of aryl methyl sites for hydroxylation is 1. The molecule has 7 heteroatoms. The highest BCUT2D eigenvalue weighted by Crippen LogP contribution is 2.41. The number of aromatic nitrogens is 1. The van der Waals surface area contributed by atoms with Crippen molar-refractivity contribution < 1.29 is 28.5 Å². The number of ether oxygens (including phenoxy) is 4. The molecule has 2 heterocycles. The fourth-order valence-electron chi connectivity index (χ4n) is 3.67. The summed E-state index contributed by atoms with van der Waals surface area (Å²) < 4.78 is 21.3. The first-order valence-electron chi connectivity index (χ1n) is 9.16. The summed E-state index contributed by atoms with van der Waals surface area (Å²) in [6, 6.07) is 7.99. The van der Waals surface area contributed by atoms with E-state index in [0.717, 1.165) is 35.0 Å². The zero-order chi connectivity index (χ0) is 19.0. The molecule has 0 amide bonds. The minimum Gasteiger partial charge on any atom is -0.458 e. The Balaban J connectivity index is 1.80. The molecule has 4 rings (SSSR count). The molecule has 1 atom stereocenters. The maximum Gasteiger partial charge on any atom is 0.480 e. The van der Waals surface area contributed by atoms with Crippen LogP contribution in [0.5, 0.6) is 0 Å². The molecule has 27 heavy (non-hydrogen) atoms. The molecule has 142 valence electrons. The topological polar surface area (TPSA) is 86.9 Å². The van der Waals surface area contributed by atoms with Crippen LogP contribution in [0.25, 0.3) is 16.5 Å². The average molecular weight is 371 g/mol. The number of carbonyl (C=O) groups excluding carboxylic acids is 2. The first-order chi connectivity index (χ1) is 13.1. The van der Waals surface area contributed by atoms with Crippen LogP contribution in [0.2, 0.25) is 0 Å². The number of fused-ring (bicyclic) bond motifs is 3. The highest BCUT2D eigenvalue weighted by atomic mass is 16.9. The van der Waals surface area contributed by atoms with E-state index in [1.54, 1.807) is 13.8 Å². The van der Waals surface area contributed by atoms with E-state index in [1.807, 2.05) is 18.2 Å². The van der Waals surface area contributed by atoms with Gasteiger partial charge in [0.2, 0.25) is 5.76 Å². The molecule has 0 spiro atoms. The molecule has 1 aliphatic heterocycles. The standard InChI is InChI=1S/C20H21NO6/c1-3-24-19(23)20(25-4-2)26-17(18(22)27-20)14-10-7-9-13-12-8-5-6-11-15(12)21-16(13)14/h5-6,8,11,21H,3-4,7,9-10H2,1-2H3/b17-14-/t20-/m1/s1. The number of nitrogens with one attached hydrogen (secondary N) is 1. The molecule has 1 fully saturated rings. The number of allylic oxidation sites excluding steroid dienone is 1. The first-order valence-corrected chi connectivity index (χ1v) is 9.16. The lowest BCUT2D eigenvalue weighted by Crippen LogP contribution is -2.44. The van der Waals surface area contributed by atoms with Crippen molar-refractivity contribution in [3.63, 3.8) is 0 Å². The SMILES string of the molecule is CCOC(=O)[C@]1(OCC)OC(=O)/C(=C2\CCCc3c2[nH]c2ccccc32)O1. The molecule has 0 bridgehead atoms. The second-order valence-electron chi connectivity index (χ2n) is 6.39. The van der Waals surface area contributed by atoms with Gasteiger partial charge in [0, 0.05) is 22.2 Å². The fraction of sp³-hybridized carbons (Fsp3) is 0.400. The van der Waals surface area contributed by atoms with Crippen LogP contribution < -0.4 is 0 Å². The van der Waals surface area contributed by atoms with E-state index >= 15 is 0 Å². The van der Waals surface area contributed by atoms with Crippen LogP contribution in [0, 0.1) is 0 Å². The molecule has 1 aliphatic carbocycles. The molecule has 1 saturated heterocycles. The summed E-state index contributed by atoms with van der Waals surface area (Å²) in [7, 11) is 0. The summed E-state index contributed by atoms with van der Waals surface area (Å²) in [6.07, 6.45) is 2.40. The van der Waals surface area contributed by atoms with Crippen LogP contribution in [0.3, 0.4) is 0 Å². The van der Waals surface area contributed by atoms with Crippen molar-refractivity contribution in [1.82, 2.24) is 4.98 Å². The van der Waals surface area contributed by atoms with E-state index in [0.29, 0.717) is 12.0 Å². The Kier molecular flexibility index (Phi) is 4.39. The van der Waals surface area contributed by atoms with E-state index in [4.69, 9.17) is 18.9 Å². The molecule has 2 aliphatic rings. The summed E-state index contributed by atoms with van der Waals surface area (Å²) in [5.74, 6) is -3.76. The van der Waals surface area contributed by atoms with Crippen molar-refractivity contribution in [1.29, 1.82) is 0 Å². The second-order valence-corrected chi connectivity index (χ2v) is 6.39. The third-order valence-electron chi connectivity index (χ3n) is 4.75. The van der Waals surface area contributed by atoms with Gasteiger partial charge in [0.05, 0.1) is 13.2 Å². The normalized spacial score (nSPS) is 24.4. The van der Waals surface area contributed by atoms with Crippen molar-refractivity contribution >= 4 is 28.4 Å². The number of aromatic amines is 1. The van der Waals surface area contributed by atoms with Gasteiger partial charge >= 0.3 is 17.9 Å². The Labute approximate surface area is 156 Å². The summed E-state index contributed by atoms with van der Waals surface area (Å²) >= 11 is 0. The van der Waals surface area contributed by atoms with Crippen LogP contribution in [0.1, 0.15) is 37.9 Å². The number of hydrogen-bond donors (Lipinski definition) is 1. The maximum absolute atomic E-state index is 12.6. The fourth-order valence-corrected chi connectivity index (χ4v) is 3.67. The monoisotopic (exact) mass is 371 g/mol. The number of benzene rings is 1. The molecule has 2 aromatic rings. The summed E-state index contributed by atoms with van der Waals surface area (Å²) in [5.41, 5.74) is 3.69. The van der Waals surface area contributed by atoms with Gasteiger partial charge in [0.15, 0.2) is 0 Å².